The van der Waals surface area contributed by atoms with E-state index >= 15 is 0 Å². The summed E-state index contributed by atoms with van der Waals surface area (Å²) in [4.78, 5) is 17.5. The first kappa shape index (κ1) is 17.6. The van der Waals surface area contributed by atoms with Crippen LogP contribution in [0.15, 0.2) is 11.6 Å². The molecule has 0 saturated heterocycles. The lowest BCUT2D eigenvalue weighted by Gasteiger charge is -2.12. The van der Waals surface area contributed by atoms with Gasteiger partial charge in [0.2, 0.25) is 5.82 Å². The quantitative estimate of drug-likeness (QED) is 0.631. The van der Waals surface area contributed by atoms with E-state index in [1.807, 2.05) is 17.0 Å². The second kappa shape index (κ2) is 6.59. The molecular weight excluding hydrogens is 360 g/mol. The number of nitrogens with zero attached hydrogens (tertiary/aromatic N) is 5. The molecule has 0 bridgehead atoms. The average molecular weight is 377 g/mol. The third kappa shape index (κ3) is 3.18. The molecule has 7 nitrogen and oxygen atoms in total. The van der Waals surface area contributed by atoms with Gasteiger partial charge in [-0.05, 0) is 31.6 Å². The van der Waals surface area contributed by atoms with Crippen molar-refractivity contribution in [2.75, 3.05) is 5.73 Å². The van der Waals surface area contributed by atoms with Crippen LogP contribution >= 0.6 is 23.7 Å². The van der Waals surface area contributed by atoms with Crippen molar-refractivity contribution in [1.29, 1.82) is 0 Å². The minimum Gasteiger partial charge on any atom is -0.382 e. The molecule has 3 aromatic rings. The fourth-order valence-corrected chi connectivity index (χ4v) is 3.58. The van der Waals surface area contributed by atoms with Crippen molar-refractivity contribution in [3.8, 4) is 22.7 Å². The maximum absolute atomic E-state index is 10.3. The number of nitrogen functional groups attached to an aromatic ring is 1. The number of fused-ring (bicyclic) bond motifs is 1. The van der Waals surface area contributed by atoms with Gasteiger partial charge < -0.3 is 15.4 Å². The van der Waals surface area contributed by atoms with E-state index in [-0.39, 0.29) is 18.2 Å². The van der Waals surface area contributed by atoms with Crippen molar-refractivity contribution in [3.63, 3.8) is 0 Å². The highest BCUT2D eigenvalue weighted by Gasteiger charge is 2.28. The van der Waals surface area contributed by atoms with Crippen molar-refractivity contribution in [2.24, 2.45) is 7.05 Å². The van der Waals surface area contributed by atoms with Crippen LogP contribution in [-0.2, 0) is 7.05 Å². The van der Waals surface area contributed by atoms with Gasteiger partial charge in [-0.2, -0.15) is 0 Å². The normalized spacial score (nSPS) is 15.6. The number of aryl methyl sites for hydroxylation is 1. The fraction of sp³-hybridized carbons (Fsp3) is 0.375. The smallest absolute Gasteiger partial charge is 0.209 e. The molecule has 3 heterocycles. The average Bonchev–Trinajstić information content (AvgIpc) is 3.28. The van der Waals surface area contributed by atoms with Crippen LogP contribution in [0.25, 0.3) is 22.0 Å². The Bertz CT molecular complexity index is 966. The molecule has 0 amide bonds. The zero-order valence-corrected chi connectivity index (χ0v) is 15.2. The first-order chi connectivity index (χ1) is 11.6. The lowest BCUT2D eigenvalue weighted by molar-refractivity contribution is 0.110. The van der Waals surface area contributed by atoms with Crippen molar-refractivity contribution in [1.82, 2.24) is 24.5 Å². The molecule has 1 fully saturated rings. The number of rotatable bonds is 1. The molecule has 25 heavy (non-hydrogen) atoms. The minimum absolute atomic E-state index is 0. The molecule has 0 atom stereocenters. The molecule has 9 heteroatoms. The fourth-order valence-electron chi connectivity index (χ4n) is 2.92. The molecular formula is C16H17ClN6OS. The summed E-state index contributed by atoms with van der Waals surface area (Å²) in [6.07, 6.45) is 5.10. The SMILES string of the molecule is Cl.Cn1c(-c2nccs2)nc2c(N)nc(C#CC3(O)CCCC3)nc21. The Kier molecular flexibility index (Phi) is 4.64. The first-order valence-electron chi connectivity index (χ1n) is 7.71. The number of nitrogens with two attached hydrogens (primary N) is 1. The predicted octanol–water partition coefficient (Wildman–Crippen LogP) is 2.15. The van der Waals surface area contributed by atoms with Crippen LogP contribution < -0.4 is 5.73 Å². The monoisotopic (exact) mass is 376 g/mol. The van der Waals surface area contributed by atoms with E-state index in [2.05, 4.69) is 31.8 Å². The van der Waals surface area contributed by atoms with Gasteiger partial charge in [-0.25, -0.2) is 19.9 Å². The minimum atomic E-state index is -0.925. The number of imidazole rings is 1. The summed E-state index contributed by atoms with van der Waals surface area (Å²) in [5.74, 6) is 7.05. The number of anilines is 1. The number of aromatic nitrogens is 5. The summed E-state index contributed by atoms with van der Waals surface area (Å²) < 4.78 is 1.83. The molecule has 0 unspecified atom stereocenters. The van der Waals surface area contributed by atoms with Crippen LogP contribution in [0.5, 0.6) is 0 Å². The van der Waals surface area contributed by atoms with Crippen LogP contribution in [0.3, 0.4) is 0 Å². The van der Waals surface area contributed by atoms with E-state index in [0.717, 1.165) is 17.8 Å². The van der Waals surface area contributed by atoms with Gasteiger partial charge in [0.25, 0.3) is 0 Å². The highest BCUT2D eigenvalue weighted by atomic mass is 35.5. The highest BCUT2D eigenvalue weighted by Crippen LogP contribution is 2.29. The Morgan fingerprint density at radius 1 is 1.28 bits per heavy atom. The first-order valence-corrected chi connectivity index (χ1v) is 8.59. The second-order valence-electron chi connectivity index (χ2n) is 5.93. The summed E-state index contributed by atoms with van der Waals surface area (Å²) in [6.45, 7) is 0. The molecule has 0 spiro atoms. The molecule has 1 saturated carbocycles. The molecule has 3 N–H and O–H groups in total. The molecule has 0 aliphatic heterocycles. The number of thiazole rings is 1. The number of aliphatic hydroxyl groups is 1. The predicted molar refractivity (Wildman–Crippen MR) is 99.4 cm³/mol. The highest BCUT2D eigenvalue weighted by molar-refractivity contribution is 7.13. The van der Waals surface area contributed by atoms with Gasteiger partial charge in [-0.1, -0.05) is 5.92 Å². The van der Waals surface area contributed by atoms with Crippen LogP contribution in [0.1, 0.15) is 31.5 Å². The topological polar surface area (TPSA) is 103 Å². The van der Waals surface area contributed by atoms with E-state index in [4.69, 9.17) is 5.73 Å². The van der Waals surface area contributed by atoms with E-state index < -0.39 is 5.60 Å². The van der Waals surface area contributed by atoms with Gasteiger partial charge in [0.1, 0.15) is 5.60 Å². The Hall–Kier alpha value is -2.21. The van der Waals surface area contributed by atoms with Crippen molar-refractivity contribution in [2.45, 2.75) is 31.3 Å². The van der Waals surface area contributed by atoms with Crippen LogP contribution in [-0.4, -0.2) is 35.2 Å². The lowest BCUT2D eigenvalue weighted by Crippen LogP contribution is -2.20. The maximum Gasteiger partial charge on any atom is 0.209 e. The molecule has 1 aliphatic rings. The molecule has 130 valence electrons. The zero-order chi connectivity index (χ0) is 16.7. The van der Waals surface area contributed by atoms with Crippen LogP contribution in [0.2, 0.25) is 0 Å². The summed E-state index contributed by atoms with van der Waals surface area (Å²) in [6, 6.07) is 0. The molecule has 0 aromatic carbocycles. The number of hydrogen-bond acceptors (Lipinski definition) is 7. The van der Waals surface area contributed by atoms with E-state index in [1.54, 1.807) is 6.20 Å². The zero-order valence-electron chi connectivity index (χ0n) is 13.6. The Balaban J connectivity index is 0.00000182. The summed E-state index contributed by atoms with van der Waals surface area (Å²) >= 11 is 1.50. The van der Waals surface area contributed by atoms with Crippen LogP contribution in [0.4, 0.5) is 5.82 Å². The Morgan fingerprint density at radius 3 is 2.72 bits per heavy atom. The lowest BCUT2D eigenvalue weighted by atomic mass is 10.0. The Morgan fingerprint density at radius 2 is 2.04 bits per heavy atom. The van der Waals surface area contributed by atoms with Gasteiger partial charge in [-0.15, -0.1) is 23.7 Å². The third-order valence-electron chi connectivity index (χ3n) is 4.21. The van der Waals surface area contributed by atoms with Crippen molar-refractivity contribution < 1.29 is 5.11 Å². The van der Waals surface area contributed by atoms with Crippen molar-refractivity contribution in [3.05, 3.63) is 17.4 Å². The van der Waals surface area contributed by atoms with E-state index in [9.17, 15) is 5.11 Å². The molecule has 4 rings (SSSR count). The van der Waals surface area contributed by atoms with E-state index in [1.165, 1.54) is 11.3 Å². The molecule has 0 radical (unpaired) electrons. The third-order valence-corrected chi connectivity index (χ3v) is 4.98. The van der Waals surface area contributed by atoms with Gasteiger partial charge >= 0.3 is 0 Å². The standard InChI is InChI=1S/C16H16N6OS.ClH/c1-22-13-11(21-14(22)15-18-8-9-24-15)12(17)19-10(20-13)4-7-16(23)5-2-3-6-16;/h8-9,23H,2-3,5-6H2,1H3,(H2,17,19,20);1H. The number of hydrogen-bond donors (Lipinski definition) is 2. The van der Waals surface area contributed by atoms with Gasteiger partial charge in [0.15, 0.2) is 27.8 Å². The second-order valence-corrected chi connectivity index (χ2v) is 6.82. The van der Waals surface area contributed by atoms with E-state index in [0.29, 0.717) is 35.7 Å². The van der Waals surface area contributed by atoms with Gasteiger partial charge in [0.05, 0.1) is 0 Å². The summed E-state index contributed by atoms with van der Waals surface area (Å²) in [5.41, 5.74) is 6.25. The van der Waals surface area contributed by atoms with Crippen LogP contribution in [0, 0.1) is 11.8 Å². The van der Waals surface area contributed by atoms with Crippen molar-refractivity contribution >= 4 is 40.7 Å². The van der Waals surface area contributed by atoms with Gasteiger partial charge in [0, 0.05) is 18.6 Å². The van der Waals surface area contributed by atoms with Gasteiger partial charge in [-0.3, -0.25) is 0 Å². The molecule has 3 aromatic heterocycles. The summed E-state index contributed by atoms with van der Waals surface area (Å²) in [5, 5.41) is 13.0. The Labute approximate surface area is 154 Å². The number of halogens is 1. The molecule has 1 aliphatic carbocycles. The summed E-state index contributed by atoms with van der Waals surface area (Å²) in [7, 11) is 1.86. The largest absolute Gasteiger partial charge is 0.382 e. The maximum atomic E-state index is 10.3.